The van der Waals surface area contributed by atoms with E-state index in [0.29, 0.717) is 0 Å². The van der Waals surface area contributed by atoms with Gasteiger partial charge in [0.05, 0.1) is 0 Å². The summed E-state index contributed by atoms with van der Waals surface area (Å²) in [5, 5.41) is 0. The van der Waals surface area contributed by atoms with Gasteiger partial charge >= 0.3 is 5.69 Å². The fourth-order valence-corrected chi connectivity index (χ4v) is 2.42. The first kappa shape index (κ1) is 11.0. The molecule has 0 unspecified atom stereocenters. The normalized spacial score (nSPS) is 18.2. The second-order valence-corrected chi connectivity index (χ2v) is 4.38. The van der Waals surface area contributed by atoms with Gasteiger partial charge in [0.15, 0.2) is 0 Å². The van der Waals surface area contributed by atoms with Crippen molar-refractivity contribution in [3.63, 3.8) is 0 Å². The maximum absolute atomic E-state index is 11.7. The summed E-state index contributed by atoms with van der Waals surface area (Å²) in [5.74, 6) is 0.278. The molecule has 0 amide bonds. The maximum atomic E-state index is 11.7. The number of hydrogen-bond acceptors (Lipinski definition) is 3. The summed E-state index contributed by atoms with van der Waals surface area (Å²) in [6.45, 7) is 0. The number of nitrogens with zero attached hydrogens (tertiary/aromatic N) is 1. The first-order chi connectivity index (χ1) is 7.68. The SMILES string of the molecule is Nc1cc(=O)[nH]c(=O)n1C1CCCCCC1. The summed E-state index contributed by atoms with van der Waals surface area (Å²) in [6, 6.07) is 1.43. The highest BCUT2D eigenvalue weighted by atomic mass is 16.2. The van der Waals surface area contributed by atoms with Crippen LogP contribution in [0.5, 0.6) is 0 Å². The molecule has 5 nitrogen and oxygen atoms in total. The third-order valence-corrected chi connectivity index (χ3v) is 3.20. The quantitative estimate of drug-likeness (QED) is 0.697. The van der Waals surface area contributed by atoms with E-state index >= 15 is 0 Å². The Morgan fingerprint density at radius 2 is 1.81 bits per heavy atom. The molecule has 0 radical (unpaired) electrons. The predicted molar refractivity (Wildman–Crippen MR) is 62.5 cm³/mol. The molecule has 1 fully saturated rings. The second kappa shape index (κ2) is 4.55. The fourth-order valence-electron chi connectivity index (χ4n) is 2.42. The molecular formula is C11H17N3O2. The molecule has 1 aromatic rings. The average molecular weight is 223 g/mol. The highest BCUT2D eigenvalue weighted by Crippen LogP contribution is 2.26. The lowest BCUT2D eigenvalue weighted by atomic mass is 10.1. The van der Waals surface area contributed by atoms with E-state index in [4.69, 9.17) is 5.73 Å². The highest BCUT2D eigenvalue weighted by Gasteiger charge is 2.17. The topological polar surface area (TPSA) is 80.9 Å². The number of anilines is 1. The summed E-state index contributed by atoms with van der Waals surface area (Å²) in [6.07, 6.45) is 6.61. The van der Waals surface area contributed by atoms with E-state index in [-0.39, 0.29) is 17.5 Å². The molecule has 0 saturated heterocycles. The first-order valence-electron chi connectivity index (χ1n) is 5.80. The summed E-state index contributed by atoms with van der Waals surface area (Å²) < 4.78 is 1.53. The van der Waals surface area contributed by atoms with Gasteiger partial charge in [0.25, 0.3) is 5.56 Å². The summed E-state index contributed by atoms with van der Waals surface area (Å²) >= 11 is 0. The molecule has 1 aliphatic rings. The van der Waals surface area contributed by atoms with Crippen molar-refractivity contribution < 1.29 is 0 Å². The van der Waals surface area contributed by atoms with Gasteiger partial charge < -0.3 is 5.73 Å². The molecule has 5 heteroatoms. The van der Waals surface area contributed by atoms with Crippen LogP contribution in [-0.4, -0.2) is 9.55 Å². The lowest BCUT2D eigenvalue weighted by Crippen LogP contribution is -2.33. The van der Waals surface area contributed by atoms with Crippen LogP contribution in [0.3, 0.4) is 0 Å². The van der Waals surface area contributed by atoms with Crippen molar-refractivity contribution in [2.45, 2.75) is 44.6 Å². The number of nitrogens with two attached hydrogens (primary N) is 1. The molecule has 1 aromatic heterocycles. The maximum Gasteiger partial charge on any atom is 0.330 e. The number of H-pyrrole nitrogens is 1. The molecule has 88 valence electrons. The van der Waals surface area contributed by atoms with Crippen LogP contribution in [0.1, 0.15) is 44.6 Å². The minimum absolute atomic E-state index is 0.145. The third kappa shape index (κ3) is 2.18. The molecule has 0 spiro atoms. The summed E-state index contributed by atoms with van der Waals surface area (Å²) in [7, 11) is 0. The average Bonchev–Trinajstić information content (AvgIpc) is 2.44. The predicted octanol–water partition coefficient (Wildman–Crippen LogP) is 1.01. The Morgan fingerprint density at radius 3 is 2.38 bits per heavy atom. The molecule has 1 heterocycles. The van der Waals surface area contributed by atoms with Crippen LogP contribution < -0.4 is 17.0 Å². The van der Waals surface area contributed by atoms with Gasteiger partial charge in [0.2, 0.25) is 0 Å². The van der Waals surface area contributed by atoms with E-state index in [9.17, 15) is 9.59 Å². The Balaban J connectivity index is 2.38. The van der Waals surface area contributed by atoms with Gasteiger partial charge in [0, 0.05) is 12.1 Å². The van der Waals surface area contributed by atoms with Crippen molar-refractivity contribution >= 4 is 5.82 Å². The monoisotopic (exact) mass is 223 g/mol. The lowest BCUT2D eigenvalue weighted by Gasteiger charge is -2.18. The van der Waals surface area contributed by atoms with Crippen molar-refractivity contribution in [3.05, 3.63) is 26.9 Å². The third-order valence-electron chi connectivity index (χ3n) is 3.20. The highest BCUT2D eigenvalue weighted by molar-refractivity contribution is 5.27. The number of aromatic amines is 1. The second-order valence-electron chi connectivity index (χ2n) is 4.38. The van der Waals surface area contributed by atoms with Crippen LogP contribution in [0.15, 0.2) is 15.7 Å². The Morgan fingerprint density at radius 1 is 1.19 bits per heavy atom. The van der Waals surface area contributed by atoms with Gasteiger partial charge in [-0.05, 0) is 12.8 Å². The van der Waals surface area contributed by atoms with Gasteiger partial charge in [0.1, 0.15) is 5.82 Å². The van der Waals surface area contributed by atoms with Crippen molar-refractivity contribution in [2.24, 2.45) is 0 Å². The zero-order chi connectivity index (χ0) is 11.5. The van der Waals surface area contributed by atoms with Crippen LogP contribution in [0, 0.1) is 0 Å². The zero-order valence-electron chi connectivity index (χ0n) is 9.24. The van der Waals surface area contributed by atoms with Gasteiger partial charge in [-0.15, -0.1) is 0 Å². The molecule has 0 aliphatic heterocycles. The summed E-state index contributed by atoms with van der Waals surface area (Å²) in [4.78, 5) is 25.0. The van der Waals surface area contributed by atoms with Crippen molar-refractivity contribution in [2.75, 3.05) is 5.73 Å². The molecular weight excluding hydrogens is 206 g/mol. The van der Waals surface area contributed by atoms with Gasteiger partial charge in [-0.2, -0.15) is 0 Å². The van der Waals surface area contributed by atoms with Crippen LogP contribution in [0.2, 0.25) is 0 Å². The van der Waals surface area contributed by atoms with Crippen LogP contribution >= 0.6 is 0 Å². The van der Waals surface area contributed by atoms with Gasteiger partial charge in [-0.3, -0.25) is 14.3 Å². The van der Waals surface area contributed by atoms with Crippen LogP contribution in [-0.2, 0) is 0 Å². The van der Waals surface area contributed by atoms with E-state index in [0.717, 1.165) is 25.7 Å². The standard InChI is InChI=1S/C11H17N3O2/c12-9-7-10(15)13-11(16)14(9)8-5-3-1-2-4-6-8/h7-8H,1-6,12H2,(H,13,15,16). The van der Waals surface area contributed by atoms with E-state index in [2.05, 4.69) is 4.98 Å². The Labute approximate surface area is 93.3 Å². The number of aromatic nitrogens is 2. The number of rotatable bonds is 1. The molecule has 0 atom stereocenters. The molecule has 1 saturated carbocycles. The number of nitrogens with one attached hydrogen (secondary N) is 1. The van der Waals surface area contributed by atoms with E-state index in [1.165, 1.54) is 23.5 Å². The molecule has 16 heavy (non-hydrogen) atoms. The Kier molecular flexibility index (Phi) is 3.12. The van der Waals surface area contributed by atoms with E-state index in [1.807, 2.05) is 0 Å². The summed E-state index contributed by atoms with van der Waals surface area (Å²) in [5.41, 5.74) is 4.95. The van der Waals surface area contributed by atoms with Crippen molar-refractivity contribution in [3.8, 4) is 0 Å². The largest absolute Gasteiger partial charge is 0.385 e. The fraction of sp³-hybridized carbons (Fsp3) is 0.636. The minimum atomic E-state index is -0.424. The number of hydrogen-bond donors (Lipinski definition) is 2. The van der Waals surface area contributed by atoms with Crippen molar-refractivity contribution in [1.29, 1.82) is 0 Å². The molecule has 1 aliphatic carbocycles. The Bertz CT molecular complexity index is 467. The van der Waals surface area contributed by atoms with Crippen molar-refractivity contribution in [1.82, 2.24) is 9.55 Å². The first-order valence-corrected chi connectivity index (χ1v) is 5.80. The van der Waals surface area contributed by atoms with E-state index in [1.54, 1.807) is 0 Å². The number of nitrogen functional groups attached to an aromatic ring is 1. The molecule has 3 N–H and O–H groups in total. The minimum Gasteiger partial charge on any atom is -0.385 e. The molecule has 0 aromatic carbocycles. The molecule has 0 bridgehead atoms. The van der Waals surface area contributed by atoms with Gasteiger partial charge in [-0.25, -0.2) is 4.79 Å². The zero-order valence-corrected chi connectivity index (χ0v) is 9.24. The smallest absolute Gasteiger partial charge is 0.330 e. The van der Waals surface area contributed by atoms with Gasteiger partial charge in [-0.1, -0.05) is 25.7 Å². The van der Waals surface area contributed by atoms with Crippen LogP contribution in [0.4, 0.5) is 5.82 Å². The molecule has 2 rings (SSSR count). The lowest BCUT2D eigenvalue weighted by molar-refractivity contribution is 0.430. The van der Waals surface area contributed by atoms with Crippen LogP contribution in [0.25, 0.3) is 0 Å². The van der Waals surface area contributed by atoms with E-state index < -0.39 is 5.56 Å². The Hall–Kier alpha value is -1.52.